The lowest BCUT2D eigenvalue weighted by molar-refractivity contribution is 0.309. The summed E-state index contributed by atoms with van der Waals surface area (Å²) in [6.07, 6.45) is 3.63. The molecule has 7 nitrogen and oxygen atoms in total. The van der Waals surface area contributed by atoms with Crippen LogP contribution in [-0.2, 0) is 0 Å². The predicted octanol–water partition coefficient (Wildman–Crippen LogP) is 5.58. The van der Waals surface area contributed by atoms with Crippen molar-refractivity contribution >= 4 is 39.6 Å². The van der Waals surface area contributed by atoms with Crippen molar-refractivity contribution < 1.29 is 4.74 Å². The van der Waals surface area contributed by atoms with Gasteiger partial charge in [-0.2, -0.15) is 0 Å². The molecule has 0 aliphatic heterocycles. The maximum absolute atomic E-state index is 6.37. The van der Waals surface area contributed by atoms with Crippen LogP contribution in [0.15, 0.2) is 60.9 Å². The summed E-state index contributed by atoms with van der Waals surface area (Å²) in [5.41, 5.74) is 10.3. The summed E-state index contributed by atoms with van der Waals surface area (Å²) in [6, 6.07) is 17.7. The third kappa shape index (κ3) is 4.83. The molecule has 0 radical (unpaired) electrons. The molecule has 0 aliphatic carbocycles. The average Bonchev–Trinajstić information content (AvgIpc) is 2.78. The second-order valence-corrected chi connectivity index (χ2v) is 7.29. The second kappa shape index (κ2) is 9.30. The van der Waals surface area contributed by atoms with E-state index in [2.05, 4.69) is 38.6 Å². The number of hydrogen-bond acceptors (Lipinski definition) is 7. The molecular formula is C24H26N6O. The van der Waals surface area contributed by atoms with Gasteiger partial charge in [-0.3, -0.25) is 4.98 Å². The topological polar surface area (TPSA) is 98.0 Å². The number of aryl methyl sites for hydroxylation is 1. The maximum atomic E-state index is 6.37. The van der Waals surface area contributed by atoms with E-state index in [1.54, 1.807) is 0 Å². The molecule has 2 aromatic carbocycles. The molecule has 4 rings (SSSR count). The zero-order valence-electron chi connectivity index (χ0n) is 17.7. The van der Waals surface area contributed by atoms with Crippen molar-refractivity contribution in [1.29, 1.82) is 0 Å². The predicted molar refractivity (Wildman–Crippen MR) is 126 cm³/mol. The van der Waals surface area contributed by atoms with Gasteiger partial charge in [0.2, 0.25) is 0 Å². The maximum Gasteiger partial charge on any atom is 0.159 e. The third-order valence-electron chi connectivity index (χ3n) is 4.88. The molecule has 31 heavy (non-hydrogen) atoms. The molecule has 158 valence electrons. The molecule has 0 aliphatic rings. The van der Waals surface area contributed by atoms with Gasteiger partial charge < -0.3 is 21.1 Å². The number of nitrogen functional groups attached to an aromatic ring is 1. The van der Waals surface area contributed by atoms with Crippen LogP contribution in [0.2, 0.25) is 0 Å². The molecule has 0 spiro atoms. The Morgan fingerprint density at radius 3 is 2.48 bits per heavy atom. The first kappa shape index (κ1) is 20.4. The minimum atomic E-state index is 0.426. The second-order valence-electron chi connectivity index (χ2n) is 7.29. The van der Waals surface area contributed by atoms with Crippen molar-refractivity contribution in [2.75, 3.05) is 23.0 Å². The van der Waals surface area contributed by atoms with E-state index in [0.717, 1.165) is 53.2 Å². The van der Waals surface area contributed by atoms with Gasteiger partial charge in [-0.05, 0) is 49.7 Å². The molecule has 2 heterocycles. The van der Waals surface area contributed by atoms with Crippen LogP contribution in [0.25, 0.3) is 10.9 Å². The van der Waals surface area contributed by atoms with E-state index in [9.17, 15) is 0 Å². The number of nitrogens with one attached hydrogen (secondary N) is 2. The number of para-hydroxylation sites is 1. The van der Waals surface area contributed by atoms with E-state index in [0.29, 0.717) is 17.3 Å². The van der Waals surface area contributed by atoms with Crippen LogP contribution in [0.1, 0.15) is 25.5 Å². The fourth-order valence-electron chi connectivity index (χ4n) is 3.17. The number of aromatic nitrogens is 3. The van der Waals surface area contributed by atoms with Crippen molar-refractivity contribution in [2.45, 2.75) is 26.7 Å². The lowest BCUT2D eigenvalue weighted by Gasteiger charge is -2.14. The molecule has 0 fully saturated rings. The van der Waals surface area contributed by atoms with Crippen molar-refractivity contribution in [3.05, 3.63) is 66.6 Å². The normalized spacial score (nSPS) is 10.8. The number of unbranched alkanes of at least 4 members (excludes halogenated alkanes) is 1. The van der Waals surface area contributed by atoms with Gasteiger partial charge in [-0.25, -0.2) is 9.97 Å². The molecule has 4 aromatic rings. The van der Waals surface area contributed by atoms with Crippen molar-refractivity contribution in [2.24, 2.45) is 0 Å². The number of benzene rings is 2. The molecule has 0 saturated carbocycles. The first-order chi connectivity index (χ1) is 15.1. The zero-order valence-corrected chi connectivity index (χ0v) is 17.7. The summed E-state index contributed by atoms with van der Waals surface area (Å²) < 4.78 is 5.71. The Balaban J connectivity index is 1.53. The van der Waals surface area contributed by atoms with E-state index >= 15 is 0 Å². The molecule has 0 bridgehead atoms. The number of fused-ring (bicyclic) bond motifs is 1. The number of hydrogen-bond donors (Lipinski definition) is 3. The molecule has 0 unspecified atom stereocenters. The van der Waals surface area contributed by atoms with E-state index in [-0.39, 0.29) is 0 Å². The Morgan fingerprint density at radius 2 is 1.71 bits per heavy atom. The van der Waals surface area contributed by atoms with Crippen molar-refractivity contribution in [3.8, 4) is 5.75 Å². The lowest BCUT2D eigenvalue weighted by Crippen LogP contribution is -2.05. The number of ether oxygens (including phenoxy) is 1. The van der Waals surface area contributed by atoms with E-state index in [1.807, 2.05) is 55.5 Å². The summed E-state index contributed by atoms with van der Waals surface area (Å²) in [5, 5.41) is 7.60. The monoisotopic (exact) mass is 414 g/mol. The quantitative estimate of drug-likeness (QED) is 0.324. The summed E-state index contributed by atoms with van der Waals surface area (Å²) in [5.74, 6) is 1.89. The number of nitrogens with two attached hydrogens (primary N) is 1. The molecule has 0 amide bonds. The van der Waals surface area contributed by atoms with Crippen LogP contribution in [0, 0.1) is 6.92 Å². The highest BCUT2D eigenvalue weighted by Gasteiger charge is 2.11. The Kier molecular flexibility index (Phi) is 6.12. The zero-order chi connectivity index (χ0) is 21.6. The fourth-order valence-corrected chi connectivity index (χ4v) is 3.17. The van der Waals surface area contributed by atoms with Crippen LogP contribution in [0.5, 0.6) is 5.75 Å². The van der Waals surface area contributed by atoms with Gasteiger partial charge in [0.25, 0.3) is 0 Å². The third-order valence-corrected chi connectivity index (χ3v) is 4.88. The SMILES string of the molecule is CCCCOc1ccc(Nc2ncnc(Nc3cccc4ccc(C)nc34)c2N)cc1. The highest BCUT2D eigenvalue weighted by molar-refractivity contribution is 5.93. The van der Waals surface area contributed by atoms with E-state index in [4.69, 9.17) is 10.5 Å². The first-order valence-corrected chi connectivity index (χ1v) is 10.4. The number of anilines is 5. The largest absolute Gasteiger partial charge is 0.494 e. The molecule has 4 N–H and O–H groups in total. The Hall–Kier alpha value is -3.87. The smallest absolute Gasteiger partial charge is 0.159 e. The summed E-state index contributed by atoms with van der Waals surface area (Å²) in [6.45, 7) is 4.83. The average molecular weight is 415 g/mol. The Bertz CT molecular complexity index is 1180. The van der Waals surface area contributed by atoms with Crippen LogP contribution in [0.3, 0.4) is 0 Å². The number of nitrogens with zero attached hydrogens (tertiary/aromatic N) is 3. The number of rotatable bonds is 8. The Labute approximate surface area is 181 Å². The summed E-state index contributed by atoms with van der Waals surface area (Å²) in [4.78, 5) is 13.3. The molecule has 0 saturated heterocycles. The van der Waals surface area contributed by atoms with Gasteiger partial charge in [0.1, 0.15) is 17.8 Å². The van der Waals surface area contributed by atoms with Gasteiger partial charge in [0.05, 0.1) is 17.8 Å². The van der Waals surface area contributed by atoms with Crippen molar-refractivity contribution in [1.82, 2.24) is 15.0 Å². The summed E-state index contributed by atoms with van der Waals surface area (Å²) in [7, 11) is 0. The van der Waals surface area contributed by atoms with Gasteiger partial charge in [-0.1, -0.05) is 31.5 Å². The van der Waals surface area contributed by atoms with Gasteiger partial charge in [0, 0.05) is 16.8 Å². The fraction of sp³-hybridized carbons (Fsp3) is 0.208. The minimum Gasteiger partial charge on any atom is -0.494 e. The van der Waals surface area contributed by atoms with Crippen LogP contribution >= 0.6 is 0 Å². The molecular weight excluding hydrogens is 388 g/mol. The van der Waals surface area contributed by atoms with Crippen molar-refractivity contribution in [3.63, 3.8) is 0 Å². The summed E-state index contributed by atoms with van der Waals surface area (Å²) >= 11 is 0. The van der Waals surface area contributed by atoms with E-state index < -0.39 is 0 Å². The van der Waals surface area contributed by atoms with Crippen LogP contribution in [-0.4, -0.2) is 21.6 Å². The van der Waals surface area contributed by atoms with Crippen LogP contribution < -0.4 is 21.1 Å². The highest BCUT2D eigenvalue weighted by atomic mass is 16.5. The lowest BCUT2D eigenvalue weighted by atomic mass is 10.1. The molecule has 7 heteroatoms. The van der Waals surface area contributed by atoms with Gasteiger partial charge >= 0.3 is 0 Å². The number of pyridine rings is 1. The highest BCUT2D eigenvalue weighted by Crippen LogP contribution is 2.31. The molecule has 0 atom stereocenters. The molecule has 2 aromatic heterocycles. The van der Waals surface area contributed by atoms with Gasteiger partial charge in [0.15, 0.2) is 11.6 Å². The van der Waals surface area contributed by atoms with Gasteiger partial charge in [-0.15, -0.1) is 0 Å². The van der Waals surface area contributed by atoms with E-state index in [1.165, 1.54) is 6.33 Å². The minimum absolute atomic E-state index is 0.426. The first-order valence-electron chi connectivity index (χ1n) is 10.4. The standard InChI is InChI=1S/C24H26N6O/c1-3-4-14-31-19-12-10-18(11-13-19)29-23-21(25)24(27-15-26-23)30-20-7-5-6-17-9-8-16(2)28-22(17)20/h5-13,15H,3-4,14,25H2,1-2H3,(H2,26,27,29,30). The Morgan fingerprint density at radius 1 is 0.935 bits per heavy atom. The van der Waals surface area contributed by atoms with Crippen LogP contribution in [0.4, 0.5) is 28.7 Å².